The zero-order chi connectivity index (χ0) is 17.5. The molecule has 4 rings (SSSR count). The van der Waals surface area contributed by atoms with Crippen molar-refractivity contribution in [3.05, 3.63) is 12.2 Å². The van der Waals surface area contributed by atoms with Gasteiger partial charge in [0.1, 0.15) is 0 Å². The van der Waals surface area contributed by atoms with Crippen LogP contribution in [0.15, 0.2) is 12.2 Å². The van der Waals surface area contributed by atoms with Gasteiger partial charge in [0, 0.05) is 30.1 Å². The number of hydroxylamine groups is 2. The van der Waals surface area contributed by atoms with Crippen LogP contribution in [0.4, 0.5) is 0 Å². The summed E-state index contributed by atoms with van der Waals surface area (Å²) in [6.07, 6.45) is 9.20. The van der Waals surface area contributed by atoms with E-state index in [0.29, 0.717) is 24.2 Å². The molecule has 6 atom stereocenters. The SMILES string of the molecule is CC(C)C[C@H](N)/C=C/CC(=O)NC1[C@@H]2CC3C[C@H]1CC(C)(C2)N3O. The molecule has 2 saturated heterocycles. The summed E-state index contributed by atoms with van der Waals surface area (Å²) < 4.78 is 0. The van der Waals surface area contributed by atoms with Crippen LogP contribution in [0.5, 0.6) is 0 Å². The summed E-state index contributed by atoms with van der Waals surface area (Å²) in [7, 11) is 0. The van der Waals surface area contributed by atoms with Gasteiger partial charge in [0.2, 0.25) is 5.91 Å². The van der Waals surface area contributed by atoms with Crippen molar-refractivity contribution in [3.63, 3.8) is 0 Å². The number of hydrogen-bond acceptors (Lipinski definition) is 4. The first kappa shape index (κ1) is 17.9. The van der Waals surface area contributed by atoms with Gasteiger partial charge in [-0.25, -0.2) is 0 Å². The highest BCUT2D eigenvalue weighted by atomic mass is 16.5. The van der Waals surface area contributed by atoms with Crippen LogP contribution in [0.3, 0.4) is 0 Å². The molecule has 0 aromatic carbocycles. The average molecular weight is 335 g/mol. The van der Waals surface area contributed by atoms with E-state index in [9.17, 15) is 10.0 Å². The Balaban J connectivity index is 1.51. The normalized spacial score (nSPS) is 39.8. The number of hydrogen-bond donors (Lipinski definition) is 3. The van der Waals surface area contributed by atoms with E-state index in [1.165, 1.54) is 0 Å². The Morgan fingerprint density at radius 3 is 2.54 bits per heavy atom. The van der Waals surface area contributed by atoms with Crippen molar-refractivity contribution in [2.24, 2.45) is 23.5 Å². The van der Waals surface area contributed by atoms with Gasteiger partial charge in [-0.1, -0.05) is 26.0 Å². The first-order valence-electron chi connectivity index (χ1n) is 9.48. The van der Waals surface area contributed by atoms with E-state index in [1.54, 1.807) is 5.06 Å². The molecule has 4 bridgehead atoms. The Hall–Kier alpha value is -0.910. The fraction of sp³-hybridized carbons (Fsp3) is 0.842. The van der Waals surface area contributed by atoms with Crippen molar-refractivity contribution in [1.82, 2.24) is 10.4 Å². The number of carbonyl (C=O) groups is 1. The third kappa shape index (κ3) is 3.53. The Morgan fingerprint density at radius 2 is 2.00 bits per heavy atom. The van der Waals surface area contributed by atoms with E-state index >= 15 is 0 Å². The second kappa shape index (κ2) is 6.77. The monoisotopic (exact) mass is 335 g/mol. The van der Waals surface area contributed by atoms with Crippen molar-refractivity contribution in [3.8, 4) is 0 Å². The van der Waals surface area contributed by atoms with Gasteiger partial charge < -0.3 is 16.3 Å². The maximum atomic E-state index is 12.3. The van der Waals surface area contributed by atoms with Gasteiger partial charge >= 0.3 is 0 Å². The molecular weight excluding hydrogens is 302 g/mol. The zero-order valence-corrected chi connectivity index (χ0v) is 15.2. The predicted octanol–water partition coefficient (Wildman–Crippen LogP) is 2.44. The lowest BCUT2D eigenvalue weighted by Crippen LogP contribution is -2.69. The molecule has 4 fully saturated rings. The molecule has 5 nitrogen and oxygen atoms in total. The Kier molecular flexibility index (Phi) is 5.05. The van der Waals surface area contributed by atoms with Crippen LogP contribution in [0.1, 0.15) is 59.3 Å². The molecule has 1 amide bonds. The first-order valence-corrected chi connectivity index (χ1v) is 9.48. The largest absolute Gasteiger partial charge is 0.353 e. The smallest absolute Gasteiger partial charge is 0.224 e. The van der Waals surface area contributed by atoms with E-state index in [1.807, 2.05) is 12.2 Å². The Bertz CT molecular complexity index is 489. The summed E-state index contributed by atoms with van der Waals surface area (Å²) in [6, 6.07) is 0.609. The molecule has 24 heavy (non-hydrogen) atoms. The van der Waals surface area contributed by atoms with Gasteiger partial charge in [-0.3, -0.25) is 4.79 Å². The minimum atomic E-state index is -0.0821. The highest BCUT2D eigenvalue weighted by molar-refractivity contribution is 5.77. The number of nitrogens with zero attached hydrogens (tertiary/aromatic N) is 1. The van der Waals surface area contributed by atoms with Crippen molar-refractivity contribution in [2.75, 3.05) is 0 Å². The molecule has 0 radical (unpaired) electrons. The molecule has 2 saturated carbocycles. The van der Waals surface area contributed by atoms with E-state index in [4.69, 9.17) is 5.73 Å². The van der Waals surface area contributed by atoms with Crippen LogP contribution in [0.25, 0.3) is 0 Å². The fourth-order valence-corrected chi connectivity index (χ4v) is 5.39. The van der Waals surface area contributed by atoms with Gasteiger partial charge in [0.25, 0.3) is 0 Å². The van der Waals surface area contributed by atoms with Gasteiger partial charge in [-0.15, -0.1) is 0 Å². The molecule has 136 valence electrons. The molecule has 0 spiro atoms. The zero-order valence-electron chi connectivity index (χ0n) is 15.2. The summed E-state index contributed by atoms with van der Waals surface area (Å²) >= 11 is 0. The van der Waals surface area contributed by atoms with E-state index in [0.717, 1.165) is 32.1 Å². The van der Waals surface area contributed by atoms with Crippen LogP contribution < -0.4 is 11.1 Å². The lowest BCUT2D eigenvalue weighted by atomic mass is 9.57. The van der Waals surface area contributed by atoms with E-state index in [-0.39, 0.29) is 29.6 Å². The second-order valence-corrected chi connectivity index (χ2v) is 8.91. The second-order valence-electron chi connectivity index (χ2n) is 8.91. The standard InChI is InChI=1S/C19H33N3O2/c1-12(2)7-15(20)5-4-6-17(23)21-18-13-8-16-9-14(18)11-19(3,10-13)22(16)24/h4-5,12-16,18,24H,6-11,20H2,1-3H3,(H,21,23)/b5-4+/t13-,14+,15-,16?,18?,19?/m1/s1. The lowest BCUT2D eigenvalue weighted by molar-refractivity contribution is -0.274. The number of carbonyl (C=O) groups excluding carboxylic acids is 1. The molecule has 4 N–H and O–H groups in total. The van der Waals surface area contributed by atoms with Crippen LogP contribution in [0, 0.1) is 17.8 Å². The Morgan fingerprint density at radius 1 is 1.38 bits per heavy atom. The third-order valence-electron chi connectivity index (χ3n) is 6.23. The molecule has 2 heterocycles. The maximum Gasteiger partial charge on any atom is 0.224 e. The van der Waals surface area contributed by atoms with Crippen LogP contribution >= 0.6 is 0 Å². The van der Waals surface area contributed by atoms with E-state index in [2.05, 4.69) is 26.1 Å². The van der Waals surface area contributed by atoms with Gasteiger partial charge in [-0.2, -0.15) is 5.06 Å². The summed E-state index contributed by atoms with van der Waals surface area (Å²) in [5.74, 6) is 1.68. The van der Waals surface area contributed by atoms with Crippen molar-refractivity contribution in [2.45, 2.75) is 83.0 Å². The Labute approximate surface area is 145 Å². The van der Waals surface area contributed by atoms with Crippen molar-refractivity contribution >= 4 is 5.91 Å². The highest BCUT2D eigenvalue weighted by Crippen LogP contribution is 2.53. The summed E-state index contributed by atoms with van der Waals surface area (Å²) in [5.41, 5.74) is 5.94. The molecule has 0 aromatic heterocycles. The molecule has 4 aliphatic rings. The minimum Gasteiger partial charge on any atom is -0.353 e. The molecule has 3 unspecified atom stereocenters. The molecular formula is C19H33N3O2. The molecule has 2 aliphatic heterocycles. The average Bonchev–Trinajstić information content (AvgIpc) is 2.45. The number of nitrogens with two attached hydrogens (primary N) is 1. The topological polar surface area (TPSA) is 78.6 Å². The number of rotatable bonds is 6. The highest BCUT2D eigenvalue weighted by Gasteiger charge is 2.57. The van der Waals surface area contributed by atoms with Gasteiger partial charge in [0.05, 0.1) is 0 Å². The quantitative estimate of drug-likeness (QED) is 0.652. The van der Waals surface area contributed by atoms with Crippen LogP contribution in [-0.4, -0.2) is 39.8 Å². The minimum absolute atomic E-state index is 0.0365. The van der Waals surface area contributed by atoms with Crippen molar-refractivity contribution < 1.29 is 10.0 Å². The van der Waals surface area contributed by atoms with Gasteiger partial charge in [-0.05, 0) is 56.8 Å². The first-order chi connectivity index (χ1) is 11.3. The van der Waals surface area contributed by atoms with E-state index < -0.39 is 0 Å². The van der Waals surface area contributed by atoms with Crippen LogP contribution in [0.2, 0.25) is 0 Å². The third-order valence-corrected chi connectivity index (χ3v) is 6.23. The number of nitrogens with one attached hydrogen (secondary N) is 1. The molecule has 0 aromatic rings. The molecule has 2 aliphatic carbocycles. The van der Waals surface area contributed by atoms with Crippen molar-refractivity contribution in [1.29, 1.82) is 0 Å². The summed E-state index contributed by atoms with van der Waals surface area (Å²) in [5, 5.41) is 15.2. The lowest BCUT2D eigenvalue weighted by Gasteiger charge is -2.62. The van der Waals surface area contributed by atoms with Crippen LogP contribution in [-0.2, 0) is 4.79 Å². The predicted molar refractivity (Wildman–Crippen MR) is 94.4 cm³/mol. The number of piperidine rings is 2. The fourth-order valence-electron chi connectivity index (χ4n) is 5.39. The van der Waals surface area contributed by atoms with Gasteiger partial charge in [0.15, 0.2) is 0 Å². The maximum absolute atomic E-state index is 12.3. The molecule has 5 heteroatoms. The summed E-state index contributed by atoms with van der Waals surface area (Å²) in [4.78, 5) is 12.3. The summed E-state index contributed by atoms with van der Waals surface area (Å²) in [6.45, 7) is 6.47. The number of amides is 1.